The summed E-state index contributed by atoms with van der Waals surface area (Å²) in [5.74, 6) is -0.752. The fourth-order valence-corrected chi connectivity index (χ4v) is 2.43. The zero-order valence-electron chi connectivity index (χ0n) is 10.4. The Hall–Kier alpha value is -1.17. The lowest BCUT2D eigenvalue weighted by molar-refractivity contribution is 0.521. The van der Waals surface area contributed by atoms with Gasteiger partial charge < -0.3 is 5.32 Å². The first-order chi connectivity index (χ1) is 8.79. The predicted molar refractivity (Wildman–Crippen MR) is 74.8 cm³/mol. The van der Waals surface area contributed by atoms with E-state index in [2.05, 4.69) is 21.2 Å². The molecule has 0 radical (unpaired) electrons. The molecule has 1 N–H and O–H groups in total. The van der Waals surface area contributed by atoms with Crippen molar-refractivity contribution in [1.29, 1.82) is 5.26 Å². The van der Waals surface area contributed by atoms with E-state index in [9.17, 15) is 12.8 Å². The number of nitrogens with one attached hydrogen (secondary N) is 1. The summed E-state index contributed by atoms with van der Waals surface area (Å²) >= 11 is 2.98. The zero-order valence-corrected chi connectivity index (χ0v) is 12.8. The minimum absolute atomic E-state index is 0.0652. The van der Waals surface area contributed by atoms with E-state index >= 15 is 0 Å². The third-order valence-electron chi connectivity index (χ3n) is 2.43. The molecule has 1 rings (SSSR count). The molecule has 0 aliphatic rings. The third kappa shape index (κ3) is 3.89. The van der Waals surface area contributed by atoms with Gasteiger partial charge in [0.15, 0.2) is 5.82 Å². The Morgan fingerprint density at radius 1 is 1.47 bits per heavy atom. The molecule has 0 spiro atoms. The average Bonchev–Trinajstić information content (AvgIpc) is 2.34. The highest BCUT2D eigenvalue weighted by Gasteiger charge is 2.14. The van der Waals surface area contributed by atoms with Crippen LogP contribution in [0.5, 0.6) is 0 Å². The second-order valence-corrected chi connectivity index (χ2v) is 7.02. The van der Waals surface area contributed by atoms with Crippen molar-refractivity contribution in [1.82, 2.24) is 4.31 Å². The van der Waals surface area contributed by atoms with Crippen LogP contribution in [0.1, 0.15) is 5.56 Å². The van der Waals surface area contributed by atoms with Gasteiger partial charge in [-0.1, -0.05) is 0 Å². The second-order valence-electron chi connectivity index (χ2n) is 3.93. The summed E-state index contributed by atoms with van der Waals surface area (Å²) in [6.07, 6.45) is 0. The molecule has 0 unspecified atom stereocenters. The summed E-state index contributed by atoms with van der Waals surface area (Å²) in [5, 5.41) is 11.4. The second kappa shape index (κ2) is 6.32. The molecule has 1 aromatic rings. The number of sulfonamides is 1. The largest absolute Gasteiger partial charge is 0.382 e. The van der Waals surface area contributed by atoms with Crippen LogP contribution in [0.3, 0.4) is 0 Å². The molecule has 0 amide bonds. The van der Waals surface area contributed by atoms with E-state index in [-0.39, 0.29) is 28.0 Å². The van der Waals surface area contributed by atoms with Crippen LogP contribution in [0, 0.1) is 17.1 Å². The number of hydrogen-bond donors (Lipinski definition) is 1. The summed E-state index contributed by atoms with van der Waals surface area (Å²) in [5.41, 5.74) is 0.337. The SMILES string of the molecule is CN(C)S(=O)(=O)CCNc1ccc(C#N)c(Br)c1F. The molecular weight excluding hydrogens is 337 g/mol. The lowest BCUT2D eigenvalue weighted by Crippen LogP contribution is -2.28. The van der Waals surface area contributed by atoms with Crippen LogP contribution < -0.4 is 5.32 Å². The smallest absolute Gasteiger partial charge is 0.215 e. The predicted octanol–water partition coefficient (Wildman–Crippen LogP) is 1.76. The Morgan fingerprint density at radius 2 is 2.11 bits per heavy atom. The first-order valence-electron chi connectivity index (χ1n) is 5.31. The van der Waals surface area contributed by atoms with Crippen molar-refractivity contribution in [2.45, 2.75) is 0 Å². The molecule has 0 saturated carbocycles. The lowest BCUT2D eigenvalue weighted by atomic mass is 10.2. The maximum Gasteiger partial charge on any atom is 0.215 e. The molecule has 0 aliphatic heterocycles. The molecule has 19 heavy (non-hydrogen) atoms. The van der Waals surface area contributed by atoms with Crippen LogP contribution in [0.15, 0.2) is 16.6 Å². The van der Waals surface area contributed by atoms with E-state index in [1.807, 2.05) is 6.07 Å². The van der Waals surface area contributed by atoms with Crippen LogP contribution in [0.2, 0.25) is 0 Å². The van der Waals surface area contributed by atoms with Gasteiger partial charge in [0.25, 0.3) is 0 Å². The number of nitrogens with zero attached hydrogens (tertiary/aromatic N) is 2. The van der Waals surface area contributed by atoms with Crippen molar-refractivity contribution in [2.24, 2.45) is 0 Å². The van der Waals surface area contributed by atoms with E-state index in [1.54, 1.807) is 0 Å². The summed E-state index contributed by atoms with van der Waals surface area (Å²) in [7, 11) is -0.442. The van der Waals surface area contributed by atoms with Gasteiger partial charge in [0.1, 0.15) is 6.07 Å². The van der Waals surface area contributed by atoms with Crippen LogP contribution >= 0.6 is 15.9 Å². The minimum atomic E-state index is -3.32. The topological polar surface area (TPSA) is 73.2 Å². The van der Waals surface area contributed by atoms with Gasteiger partial charge in [-0.05, 0) is 28.1 Å². The van der Waals surface area contributed by atoms with Crippen LogP contribution in [0.25, 0.3) is 0 Å². The Morgan fingerprint density at radius 3 is 2.63 bits per heavy atom. The number of hydrogen-bond acceptors (Lipinski definition) is 4. The average molecular weight is 350 g/mol. The van der Waals surface area contributed by atoms with Crippen molar-refractivity contribution < 1.29 is 12.8 Å². The quantitative estimate of drug-likeness (QED) is 0.878. The summed E-state index contributed by atoms with van der Waals surface area (Å²) in [4.78, 5) is 0. The molecule has 1 aromatic carbocycles. The van der Waals surface area contributed by atoms with E-state index < -0.39 is 15.8 Å². The lowest BCUT2D eigenvalue weighted by Gasteiger charge is -2.13. The number of rotatable bonds is 5. The van der Waals surface area contributed by atoms with E-state index in [4.69, 9.17) is 5.26 Å². The van der Waals surface area contributed by atoms with Crippen LogP contribution in [-0.2, 0) is 10.0 Å². The Kier molecular flexibility index (Phi) is 5.29. The van der Waals surface area contributed by atoms with Crippen molar-refractivity contribution in [3.8, 4) is 6.07 Å². The minimum Gasteiger partial charge on any atom is -0.382 e. The number of anilines is 1. The van der Waals surface area contributed by atoms with Gasteiger partial charge in [0.05, 0.1) is 21.5 Å². The first-order valence-corrected chi connectivity index (χ1v) is 7.72. The molecule has 0 aliphatic carbocycles. The molecule has 5 nitrogen and oxygen atoms in total. The molecule has 0 saturated heterocycles. The van der Waals surface area contributed by atoms with Gasteiger partial charge in [0.2, 0.25) is 10.0 Å². The van der Waals surface area contributed by atoms with Crippen molar-refractivity contribution in [3.63, 3.8) is 0 Å². The normalized spacial score (nSPS) is 11.4. The van der Waals surface area contributed by atoms with Gasteiger partial charge in [-0.3, -0.25) is 0 Å². The van der Waals surface area contributed by atoms with Gasteiger partial charge >= 0.3 is 0 Å². The highest BCUT2D eigenvalue weighted by molar-refractivity contribution is 9.10. The summed E-state index contributed by atoms with van der Waals surface area (Å²) < 4.78 is 38.0. The Bertz CT molecular complexity index is 611. The van der Waals surface area contributed by atoms with Gasteiger partial charge in [-0.15, -0.1) is 0 Å². The van der Waals surface area contributed by atoms with Gasteiger partial charge in [0, 0.05) is 20.6 Å². The van der Waals surface area contributed by atoms with E-state index in [0.717, 1.165) is 4.31 Å². The van der Waals surface area contributed by atoms with Crippen molar-refractivity contribution in [2.75, 3.05) is 31.7 Å². The molecule has 0 bridgehead atoms. The number of benzene rings is 1. The first kappa shape index (κ1) is 15.9. The molecule has 104 valence electrons. The molecule has 0 fully saturated rings. The van der Waals surface area contributed by atoms with Crippen molar-refractivity contribution in [3.05, 3.63) is 28.0 Å². The molecule has 0 atom stereocenters. The highest BCUT2D eigenvalue weighted by Crippen LogP contribution is 2.26. The molecular formula is C11H13BrFN3O2S. The van der Waals surface area contributed by atoms with E-state index in [0.29, 0.717) is 0 Å². The standard InChI is InChI=1S/C11H13BrFN3O2S/c1-16(2)19(17,18)6-5-15-9-4-3-8(7-14)10(12)11(9)13/h3-4,15H,5-6H2,1-2H3. The fourth-order valence-electron chi connectivity index (χ4n) is 1.27. The monoisotopic (exact) mass is 349 g/mol. The van der Waals surface area contributed by atoms with Gasteiger partial charge in [-0.25, -0.2) is 17.1 Å². The molecule has 8 heteroatoms. The maximum atomic E-state index is 13.8. The summed E-state index contributed by atoms with van der Waals surface area (Å²) in [6.45, 7) is 0.0791. The Labute approximate surface area is 120 Å². The van der Waals surface area contributed by atoms with Gasteiger partial charge in [-0.2, -0.15) is 5.26 Å². The molecule has 0 heterocycles. The number of halogens is 2. The van der Waals surface area contributed by atoms with E-state index in [1.165, 1.54) is 26.2 Å². The maximum absolute atomic E-state index is 13.8. The third-order valence-corrected chi connectivity index (χ3v) is 5.04. The Balaban J connectivity index is 2.76. The van der Waals surface area contributed by atoms with Crippen LogP contribution in [0.4, 0.5) is 10.1 Å². The fraction of sp³-hybridized carbons (Fsp3) is 0.364. The highest BCUT2D eigenvalue weighted by atomic mass is 79.9. The van der Waals surface area contributed by atoms with Crippen LogP contribution in [-0.4, -0.2) is 39.1 Å². The summed E-state index contributed by atoms with van der Waals surface area (Å²) in [6, 6.07) is 4.70. The molecule has 0 aromatic heterocycles. The zero-order chi connectivity index (χ0) is 14.6. The van der Waals surface area contributed by atoms with Crippen molar-refractivity contribution >= 4 is 31.6 Å². The number of nitriles is 1.